The third kappa shape index (κ3) is 1.64. The highest BCUT2D eigenvalue weighted by Crippen LogP contribution is 2.13. The molecule has 0 aromatic carbocycles. The number of thiocarbonyl (C=S) groups is 1. The van der Waals surface area contributed by atoms with Crippen LogP contribution in [0.5, 0.6) is 0 Å². The van der Waals surface area contributed by atoms with Crippen molar-refractivity contribution in [2.75, 3.05) is 0 Å². The van der Waals surface area contributed by atoms with Gasteiger partial charge in [-0.25, -0.2) is 0 Å². The lowest BCUT2D eigenvalue weighted by Crippen LogP contribution is -2.07. The van der Waals surface area contributed by atoms with E-state index in [4.69, 9.17) is 12.2 Å². The van der Waals surface area contributed by atoms with Gasteiger partial charge in [-0.15, -0.1) is 6.58 Å². The van der Waals surface area contributed by atoms with Crippen molar-refractivity contribution >= 4 is 17.1 Å². The van der Waals surface area contributed by atoms with Crippen LogP contribution in [0.3, 0.4) is 0 Å². The average Bonchev–Trinajstić information content (AvgIpc) is 1.94. The van der Waals surface area contributed by atoms with Crippen LogP contribution in [0.15, 0.2) is 37.0 Å². The molecule has 0 aliphatic heterocycles. The summed E-state index contributed by atoms with van der Waals surface area (Å²) in [5.74, 6) is 0.414. The minimum atomic E-state index is 0.414. The second-order valence-corrected chi connectivity index (χ2v) is 2.75. The molecule has 0 heterocycles. The van der Waals surface area contributed by atoms with Gasteiger partial charge < -0.3 is 0 Å². The van der Waals surface area contributed by atoms with Crippen molar-refractivity contribution in [3.8, 4) is 0 Å². The van der Waals surface area contributed by atoms with E-state index < -0.39 is 0 Å². The Morgan fingerprint density at radius 1 is 1.60 bits per heavy atom. The molecule has 0 fully saturated rings. The van der Waals surface area contributed by atoms with Crippen LogP contribution in [-0.4, -0.2) is 4.86 Å². The number of allylic oxidation sites excluding steroid dienone is 5. The predicted molar refractivity (Wildman–Crippen MR) is 49.2 cm³/mol. The zero-order chi connectivity index (χ0) is 7.40. The molecular weight excluding hydrogens is 140 g/mol. The molecule has 0 bridgehead atoms. The van der Waals surface area contributed by atoms with E-state index in [0.29, 0.717) is 5.92 Å². The SMILES string of the molecule is C=CCC1C=CC=CC1=S. The highest BCUT2D eigenvalue weighted by molar-refractivity contribution is 7.80. The van der Waals surface area contributed by atoms with E-state index in [1.54, 1.807) is 0 Å². The quantitative estimate of drug-likeness (QED) is 0.431. The van der Waals surface area contributed by atoms with E-state index in [-0.39, 0.29) is 0 Å². The van der Waals surface area contributed by atoms with Gasteiger partial charge in [0.25, 0.3) is 0 Å². The first kappa shape index (κ1) is 7.42. The summed E-state index contributed by atoms with van der Waals surface area (Å²) in [6.07, 6.45) is 11.0. The van der Waals surface area contributed by atoms with Gasteiger partial charge in [-0.2, -0.15) is 0 Å². The molecule has 0 aromatic rings. The fraction of sp³-hybridized carbons (Fsp3) is 0.222. The maximum absolute atomic E-state index is 5.11. The molecule has 1 unspecified atom stereocenters. The van der Waals surface area contributed by atoms with Crippen LogP contribution in [0, 0.1) is 5.92 Å². The Morgan fingerprint density at radius 3 is 3.00 bits per heavy atom. The van der Waals surface area contributed by atoms with Crippen LogP contribution in [0.1, 0.15) is 6.42 Å². The Balaban J connectivity index is 2.60. The first-order chi connectivity index (χ1) is 4.84. The van der Waals surface area contributed by atoms with Crippen molar-refractivity contribution in [2.24, 2.45) is 5.92 Å². The largest absolute Gasteiger partial charge is 0.103 e. The minimum absolute atomic E-state index is 0.414. The van der Waals surface area contributed by atoms with Crippen molar-refractivity contribution in [1.82, 2.24) is 0 Å². The molecule has 0 saturated carbocycles. The summed E-state index contributed by atoms with van der Waals surface area (Å²) in [5.41, 5.74) is 0. The summed E-state index contributed by atoms with van der Waals surface area (Å²) in [4.78, 5) is 1.02. The highest BCUT2D eigenvalue weighted by atomic mass is 32.1. The van der Waals surface area contributed by atoms with Crippen molar-refractivity contribution in [3.05, 3.63) is 37.0 Å². The van der Waals surface area contributed by atoms with Crippen molar-refractivity contribution in [2.45, 2.75) is 6.42 Å². The van der Waals surface area contributed by atoms with E-state index in [1.165, 1.54) is 0 Å². The van der Waals surface area contributed by atoms with E-state index in [0.717, 1.165) is 11.3 Å². The predicted octanol–water partition coefficient (Wildman–Crippen LogP) is 2.67. The van der Waals surface area contributed by atoms with Gasteiger partial charge >= 0.3 is 0 Å². The molecule has 10 heavy (non-hydrogen) atoms. The minimum Gasteiger partial charge on any atom is -0.103 e. The topological polar surface area (TPSA) is 0 Å². The fourth-order valence-corrected chi connectivity index (χ4v) is 1.19. The molecule has 0 aromatic heterocycles. The van der Waals surface area contributed by atoms with E-state index >= 15 is 0 Å². The molecule has 0 N–H and O–H groups in total. The Kier molecular flexibility index (Phi) is 2.57. The first-order valence-electron chi connectivity index (χ1n) is 3.34. The third-order valence-corrected chi connectivity index (χ3v) is 1.94. The lowest BCUT2D eigenvalue weighted by Gasteiger charge is -2.10. The molecule has 0 saturated heterocycles. The number of hydrogen-bond donors (Lipinski definition) is 0. The molecule has 0 radical (unpaired) electrons. The lowest BCUT2D eigenvalue weighted by molar-refractivity contribution is 0.895. The summed E-state index contributed by atoms with van der Waals surface area (Å²) in [7, 11) is 0. The van der Waals surface area contributed by atoms with Crippen LogP contribution in [0.25, 0.3) is 0 Å². The monoisotopic (exact) mass is 150 g/mol. The zero-order valence-electron chi connectivity index (χ0n) is 5.79. The third-order valence-electron chi connectivity index (χ3n) is 1.50. The Labute approximate surface area is 66.9 Å². The van der Waals surface area contributed by atoms with Crippen molar-refractivity contribution < 1.29 is 0 Å². The van der Waals surface area contributed by atoms with Crippen LogP contribution < -0.4 is 0 Å². The summed E-state index contributed by atoms with van der Waals surface area (Å²) in [5, 5.41) is 0. The van der Waals surface area contributed by atoms with Crippen LogP contribution in [0.2, 0.25) is 0 Å². The Hall–Kier alpha value is -0.690. The fourth-order valence-electron chi connectivity index (χ4n) is 0.941. The van der Waals surface area contributed by atoms with Gasteiger partial charge in [0, 0.05) is 10.8 Å². The van der Waals surface area contributed by atoms with Gasteiger partial charge in [0.2, 0.25) is 0 Å². The number of rotatable bonds is 2. The van der Waals surface area contributed by atoms with Crippen LogP contribution in [0.4, 0.5) is 0 Å². The molecule has 0 spiro atoms. The molecule has 1 heteroatoms. The number of hydrogen-bond acceptors (Lipinski definition) is 1. The molecule has 0 amide bonds. The van der Waals surface area contributed by atoms with Crippen molar-refractivity contribution in [3.63, 3.8) is 0 Å². The Bertz CT molecular complexity index is 199. The van der Waals surface area contributed by atoms with E-state index in [2.05, 4.69) is 12.7 Å². The molecule has 1 rings (SSSR count). The summed E-state index contributed by atoms with van der Waals surface area (Å²) < 4.78 is 0. The van der Waals surface area contributed by atoms with E-state index in [1.807, 2.05) is 24.3 Å². The molecule has 1 aliphatic carbocycles. The second kappa shape index (κ2) is 3.47. The van der Waals surface area contributed by atoms with E-state index in [9.17, 15) is 0 Å². The van der Waals surface area contributed by atoms with Crippen molar-refractivity contribution in [1.29, 1.82) is 0 Å². The summed E-state index contributed by atoms with van der Waals surface area (Å²) in [6, 6.07) is 0. The van der Waals surface area contributed by atoms with Gasteiger partial charge in [0.05, 0.1) is 0 Å². The average molecular weight is 150 g/mol. The maximum atomic E-state index is 5.11. The second-order valence-electron chi connectivity index (χ2n) is 2.28. The van der Waals surface area contributed by atoms with Gasteiger partial charge in [0.15, 0.2) is 0 Å². The lowest BCUT2D eigenvalue weighted by atomic mass is 9.97. The molecule has 1 atom stereocenters. The molecule has 1 aliphatic rings. The van der Waals surface area contributed by atoms with Crippen LogP contribution in [-0.2, 0) is 0 Å². The standard InChI is InChI=1S/C9H10S/c1-2-5-8-6-3-4-7-9(8)10/h2-4,6-8H,1,5H2. The van der Waals surface area contributed by atoms with Crippen LogP contribution >= 0.6 is 12.2 Å². The first-order valence-corrected chi connectivity index (χ1v) is 3.75. The summed E-state index contributed by atoms with van der Waals surface area (Å²) >= 11 is 5.11. The highest BCUT2D eigenvalue weighted by Gasteiger charge is 2.07. The van der Waals surface area contributed by atoms with Gasteiger partial charge in [0.1, 0.15) is 0 Å². The molecular formula is C9H10S. The summed E-state index contributed by atoms with van der Waals surface area (Å²) in [6.45, 7) is 3.67. The molecule has 52 valence electrons. The zero-order valence-corrected chi connectivity index (χ0v) is 6.60. The van der Waals surface area contributed by atoms with Gasteiger partial charge in [-0.05, 0) is 12.5 Å². The maximum Gasteiger partial charge on any atom is 0.0224 e. The van der Waals surface area contributed by atoms with Gasteiger partial charge in [-0.3, -0.25) is 0 Å². The smallest absolute Gasteiger partial charge is 0.0224 e. The van der Waals surface area contributed by atoms with Gasteiger partial charge in [-0.1, -0.05) is 36.5 Å². The molecule has 0 nitrogen and oxygen atoms in total. The normalized spacial score (nSPS) is 23.2. The Morgan fingerprint density at radius 2 is 2.40 bits per heavy atom.